The fraction of sp³-hybridized carbons (Fsp3) is 0.120. The van der Waals surface area contributed by atoms with Crippen molar-refractivity contribution in [3.05, 3.63) is 98.7 Å². The van der Waals surface area contributed by atoms with Crippen LogP contribution in [0.3, 0.4) is 0 Å². The summed E-state index contributed by atoms with van der Waals surface area (Å²) in [5.41, 5.74) is 2.78. The number of halogens is 1. The van der Waals surface area contributed by atoms with Crippen LogP contribution in [0.5, 0.6) is 5.75 Å². The Bertz CT molecular complexity index is 1410. The molecule has 0 radical (unpaired) electrons. The van der Waals surface area contributed by atoms with Gasteiger partial charge in [-0.15, -0.1) is 0 Å². The zero-order valence-corrected chi connectivity index (χ0v) is 19.1. The molecule has 172 valence electrons. The van der Waals surface area contributed by atoms with Crippen molar-refractivity contribution in [1.29, 1.82) is 0 Å². The first-order valence-electron chi connectivity index (χ1n) is 10.3. The summed E-state index contributed by atoms with van der Waals surface area (Å²) < 4.78 is 6.93. The van der Waals surface area contributed by atoms with Gasteiger partial charge in [-0.05, 0) is 67.1 Å². The summed E-state index contributed by atoms with van der Waals surface area (Å²) in [6, 6.07) is 17.5. The van der Waals surface area contributed by atoms with Gasteiger partial charge in [0.15, 0.2) is 0 Å². The lowest BCUT2D eigenvalue weighted by molar-refractivity contribution is -0.384. The van der Waals surface area contributed by atoms with Crippen LogP contribution in [-0.4, -0.2) is 28.4 Å². The lowest BCUT2D eigenvalue weighted by Crippen LogP contribution is -2.16. The van der Waals surface area contributed by atoms with Gasteiger partial charge in [-0.1, -0.05) is 11.6 Å². The van der Waals surface area contributed by atoms with Crippen LogP contribution < -0.4 is 10.1 Å². The molecule has 34 heavy (non-hydrogen) atoms. The number of fused-ring (bicyclic) bond motifs is 1. The van der Waals surface area contributed by atoms with Crippen LogP contribution in [0.2, 0.25) is 5.02 Å². The van der Waals surface area contributed by atoms with Crippen molar-refractivity contribution >= 4 is 45.7 Å². The third kappa shape index (κ3) is 4.49. The molecule has 0 fully saturated rings. The van der Waals surface area contributed by atoms with E-state index < -0.39 is 4.92 Å². The van der Waals surface area contributed by atoms with Crippen LogP contribution in [-0.2, 0) is 11.2 Å². The van der Waals surface area contributed by atoms with E-state index in [4.69, 9.17) is 16.3 Å². The van der Waals surface area contributed by atoms with E-state index in [2.05, 4.69) is 5.32 Å². The molecule has 1 aromatic heterocycles. The summed E-state index contributed by atoms with van der Waals surface area (Å²) in [4.78, 5) is 36.5. The van der Waals surface area contributed by atoms with E-state index in [0.717, 1.165) is 5.39 Å². The van der Waals surface area contributed by atoms with Gasteiger partial charge in [0.05, 0.1) is 24.0 Å². The molecule has 9 heteroatoms. The summed E-state index contributed by atoms with van der Waals surface area (Å²) in [5, 5.41) is 14.8. The van der Waals surface area contributed by atoms with Crippen LogP contribution in [0.15, 0.2) is 66.7 Å². The fourth-order valence-electron chi connectivity index (χ4n) is 3.83. The largest absolute Gasteiger partial charge is 0.497 e. The van der Waals surface area contributed by atoms with Crippen LogP contribution in [0.25, 0.3) is 10.9 Å². The van der Waals surface area contributed by atoms with Crippen molar-refractivity contribution < 1.29 is 19.2 Å². The fourth-order valence-corrected chi connectivity index (χ4v) is 3.95. The van der Waals surface area contributed by atoms with E-state index in [1.807, 2.05) is 0 Å². The average Bonchev–Trinajstić information content (AvgIpc) is 3.09. The number of nitrogens with one attached hydrogen (secondary N) is 1. The lowest BCUT2D eigenvalue weighted by Gasteiger charge is -2.08. The van der Waals surface area contributed by atoms with Crippen LogP contribution in [0, 0.1) is 17.0 Å². The Morgan fingerprint density at radius 2 is 1.74 bits per heavy atom. The van der Waals surface area contributed by atoms with E-state index in [0.29, 0.717) is 38.8 Å². The number of hydrogen-bond acceptors (Lipinski definition) is 5. The number of amides is 1. The smallest absolute Gasteiger partial charge is 0.269 e. The first kappa shape index (κ1) is 23.0. The Balaban J connectivity index is 1.70. The number of benzene rings is 3. The number of nitro groups is 1. The number of rotatable bonds is 6. The normalized spacial score (nSPS) is 10.8. The van der Waals surface area contributed by atoms with Gasteiger partial charge >= 0.3 is 0 Å². The van der Waals surface area contributed by atoms with Crippen LogP contribution in [0.4, 0.5) is 11.4 Å². The molecule has 0 aliphatic heterocycles. The van der Waals surface area contributed by atoms with Crippen LogP contribution in [0.1, 0.15) is 21.6 Å². The molecule has 1 amide bonds. The highest BCUT2D eigenvalue weighted by Crippen LogP contribution is 2.31. The van der Waals surface area contributed by atoms with E-state index in [1.165, 1.54) is 24.3 Å². The Morgan fingerprint density at radius 1 is 1.06 bits per heavy atom. The molecular formula is C25H20ClN3O5. The number of methoxy groups -OCH3 is 1. The van der Waals surface area contributed by atoms with Gasteiger partial charge in [0.2, 0.25) is 5.91 Å². The minimum absolute atomic E-state index is 0.00656. The van der Waals surface area contributed by atoms with Gasteiger partial charge in [-0.3, -0.25) is 24.3 Å². The summed E-state index contributed by atoms with van der Waals surface area (Å²) in [6.07, 6.45) is -0.00656. The number of nitrogens with zero attached hydrogens (tertiary/aromatic N) is 2. The van der Waals surface area contributed by atoms with E-state index in [-0.39, 0.29) is 23.9 Å². The maximum atomic E-state index is 13.4. The Kier molecular flexibility index (Phi) is 6.34. The van der Waals surface area contributed by atoms with E-state index in [9.17, 15) is 19.7 Å². The second-order valence-electron chi connectivity index (χ2n) is 7.62. The molecule has 0 atom stereocenters. The second-order valence-corrected chi connectivity index (χ2v) is 8.06. The maximum Gasteiger partial charge on any atom is 0.269 e. The molecule has 1 N–H and O–H groups in total. The minimum Gasteiger partial charge on any atom is -0.497 e. The molecule has 8 nitrogen and oxygen atoms in total. The van der Waals surface area contributed by atoms with E-state index in [1.54, 1.807) is 61.1 Å². The van der Waals surface area contributed by atoms with Crippen molar-refractivity contribution in [2.45, 2.75) is 13.3 Å². The highest BCUT2D eigenvalue weighted by Gasteiger charge is 2.22. The number of aromatic nitrogens is 1. The molecule has 0 spiro atoms. The summed E-state index contributed by atoms with van der Waals surface area (Å²) in [6.45, 7) is 1.79. The molecular weight excluding hydrogens is 458 g/mol. The van der Waals surface area contributed by atoms with Gasteiger partial charge in [-0.2, -0.15) is 0 Å². The van der Waals surface area contributed by atoms with Crippen molar-refractivity contribution in [3.63, 3.8) is 0 Å². The number of hydrogen-bond donors (Lipinski definition) is 1. The molecule has 0 aliphatic rings. The summed E-state index contributed by atoms with van der Waals surface area (Å²) >= 11 is 5.96. The maximum absolute atomic E-state index is 13.4. The minimum atomic E-state index is -0.505. The zero-order valence-electron chi connectivity index (χ0n) is 18.4. The van der Waals surface area contributed by atoms with Gasteiger partial charge in [0.25, 0.3) is 11.6 Å². The van der Waals surface area contributed by atoms with Crippen molar-refractivity contribution in [2.75, 3.05) is 12.4 Å². The number of carbonyl (C=O) groups is 2. The SMILES string of the molecule is COc1ccc2c(c1)c(CC(=O)Nc1ccc([N+](=O)[O-])cc1)c(C)n2C(=O)c1ccc(Cl)cc1. The highest BCUT2D eigenvalue weighted by atomic mass is 35.5. The molecule has 0 saturated carbocycles. The summed E-state index contributed by atoms with van der Waals surface area (Å²) in [7, 11) is 1.55. The quantitative estimate of drug-likeness (QED) is 0.296. The molecule has 0 aliphatic carbocycles. The Labute approximate surface area is 199 Å². The second kappa shape index (κ2) is 9.36. The monoisotopic (exact) mass is 477 g/mol. The average molecular weight is 478 g/mol. The molecule has 0 unspecified atom stereocenters. The third-order valence-electron chi connectivity index (χ3n) is 5.54. The highest BCUT2D eigenvalue weighted by molar-refractivity contribution is 6.30. The van der Waals surface area contributed by atoms with Gasteiger partial charge in [0, 0.05) is 39.5 Å². The van der Waals surface area contributed by atoms with Gasteiger partial charge in [-0.25, -0.2) is 0 Å². The molecule has 4 rings (SSSR count). The predicted molar refractivity (Wildman–Crippen MR) is 130 cm³/mol. The Hall–Kier alpha value is -4.17. The van der Waals surface area contributed by atoms with Gasteiger partial charge < -0.3 is 10.1 Å². The number of non-ortho nitro benzene ring substituents is 1. The van der Waals surface area contributed by atoms with E-state index >= 15 is 0 Å². The van der Waals surface area contributed by atoms with Crippen molar-refractivity contribution in [3.8, 4) is 5.75 Å². The standard InChI is InChI=1S/C25H20ClN3O5/c1-15-21(14-24(30)27-18-7-9-19(10-8-18)29(32)33)22-13-20(34-2)11-12-23(22)28(15)25(31)16-3-5-17(26)6-4-16/h3-13H,14H2,1-2H3,(H,27,30). The topological polar surface area (TPSA) is 103 Å². The molecule has 3 aromatic carbocycles. The zero-order chi connectivity index (χ0) is 24.4. The molecule has 1 heterocycles. The summed E-state index contributed by atoms with van der Waals surface area (Å²) in [5.74, 6) is 0.0322. The number of carbonyl (C=O) groups excluding carboxylic acids is 2. The number of anilines is 1. The molecule has 4 aromatic rings. The number of nitro benzene ring substituents is 1. The van der Waals surface area contributed by atoms with Crippen LogP contribution >= 0.6 is 11.6 Å². The van der Waals surface area contributed by atoms with Gasteiger partial charge in [0.1, 0.15) is 5.75 Å². The first-order valence-corrected chi connectivity index (χ1v) is 10.7. The lowest BCUT2D eigenvalue weighted by atomic mass is 10.1. The Morgan fingerprint density at radius 3 is 2.35 bits per heavy atom. The molecule has 0 bridgehead atoms. The third-order valence-corrected chi connectivity index (χ3v) is 5.79. The predicted octanol–water partition coefficient (Wildman–Crippen LogP) is 5.39. The first-order chi connectivity index (χ1) is 16.3. The number of ether oxygens (including phenoxy) is 1. The van der Waals surface area contributed by atoms with Crippen molar-refractivity contribution in [1.82, 2.24) is 4.57 Å². The molecule has 0 saturated heterocycles. The van der Waals surface area contributed by atoms with Crippen molar-refractivity contribution in [2.24, 2.45) is 0 Å².